The minimum atomic E-state index is -0.0955. The topological polar surface area (TPSA) is 50.3 Å². The lowest BCUT2D eigenvalue weighted by atomic mass is 9.93. The van der Waals surface area contributed by atoms with Crippen molar-refractivity contribution in [3.05, 3.63) is 28.5 Å². The van der Waals surface area contributed by atoms with Gasteiger partial charge in [0.2, 0.25) is 0 Å². The standard InChI is InChI=1S/C13H15BrN2O2/c1-16(9-4-6-10(17)7-5-9)13(18)12-11(14)3-2-8-15-12/h2-3,8-9H,4-7H2,1H3. The Morgan fingerprint density at radius 3 is 2.72 bits per heavy atom. The largest absolute Gasteiger partial charge is 0.337 e. The predicted molar refractivity (Wildman–Crippen MR) is 71.3 cm³/mol. The maximum absolute atomic E-state index is 12.3. The average Bonchev–Trinajstić information content (AvgIpc) is 2.38. The minimum Gasteiger partial charge on any atom is -0.337 e. The Kier molecular flexibility index (Phi) is 4.11. The first-order chi connectivity index (χ1) is 8.59. The molecule has 1 aliphatic carbocycles. The Morgan fingerprint density at radius 2 is 2.11 bits per heavy atom. The maximum Gasteiger partial charge on any atom is 0.273 e. The van der Waals surface area contributed by atoms with Crippen molar-refractivity contribution in [1.29, 1.82) is 0 Å². The molecular formula is C13H15BrN2O2. The smallest absolute Gasteiger partial charge is 0.273 e. The molecule has 96 valence electrons. The van der Waals surface area contributed by atoms with Gasteiger partial charge >= 0.3 is 0 Å². The summed E-state index contributed by atoms with van der Waals surface area (Å²) >= 11 is 3.33. The molecule has 0 atom stereocenters. The Balaban J connectivity index is 2.09. The van der Waals surface area contributed by atoms with Crippen molar-refractivity contribution in [2.24, 2.45) is 0 Å². The van der Waals surface area contributed by atoms with Crippen molar-refractivity contribution >= 4 is 27.6 Å². The van der Waals surface area contributed by atoms with Crippen LogP contribution in [0, 0.1) is 0 Å². The summed E-state index contributed by atoms with van der Waals surface area (Å²) in [6.45, 7) is 0. The summed E-state index contributed by atoms with van der Waals surface area (Å²) in [6.07, 6.45) is 4.27. The van der Waals surface area contributed by atoms with Gasteiger partial charge in [0.25, 0.3) is 5.91 Å². The molecule has 1 aromatic heterocycles. The zero-order chi connectivity index (χ0) is 13.1. The molecule has 1 fully saturated rings. The number of halogens is 1. The van der Waals surface area contributed by atoms with Crippen LogP contribution in [0.5, 0.6) is 0 Å². The second kappa shape index (κ2) is 5.61. The molecule has 1 amide bonds. The number of aromatic nitrogens is 1. The molecule has 1 heterocycles. The molecular weight excluding hydrogens is 296 g/mol. The van der Waals surface area contributed by atoms with E-state index in [0.717, 1.165) is 12.8 Å². The van der Waals surface area contributed by atoms with Gasteiger partial charge in [-0.2, -0.15) is 0 Å². The lowest BCUT2D eigenvalue weighted by molar-refractivity contribution is -0.121. The van der Waals surface area contributed by atoms with Crippen molar-refractivity contribution < 1.29 is 9.59 Å². The number of hydrogen-bond acceptors (Lipinski definition) is 3. The van der Waals surface area contributed by atoms with Gasteiger partial charge in [0, 0.05) is 36.6 Å². The SMILES string of the molecule is CN(C(=O)c1ncccc1Br)C1CCC(=O)CC1. The van der Waals surface area contributed by atoms with Crippen molar-refractivity contribution in [3.63, 3.8) is 0 Å². The molecule has 4 nitrogen and oxygen atoms in total. The number of carbonyl (C=O) groups is 2. The van der Waals surface area contributed by atoms with Gasteiger partial charge in [0.05, 0.1) is 0 Å². The van der Waals surface area contributed by atoms with Crippen molar-refractivity contribution in [2.45, 2.75) is 31.7 Å². The molecule has 1 aliphatic rings. The maximum atomic E-state index is 12.3. The van der Waals surface area contributed by atoms with Crippen molar-refractivity contribution in [3.8, 4) is 0 Å². The number of rotatable bonds is 2. The second-order valence-electron chi connectivity index (χ2n) is 4.52. The number of pyridine rings is 1. The number of amides is 1. The first-order valence-corrected chi connectivity index (χ1v) is 6.78. The second-order valence-corrected chi connectivity index (χ2v) is 5.37. The summed E-state index contributed by atoms with van der Waals surface area (Å²) in [5.41, 5.74) is 0.428. The number of Topliss-reactive ketones (excluding diaryl/α,β-unsaturated/α-hetero) is 1. The molecule has 18 heavy (non-hydrogen) atoms. The van der Waals surface area contributed by atoms with Gasteiger partial charge in [0.1, 0.15) is 11.5 Å². The van der Waals surface area contributed by atoms with E-state index in [1.54, 1.807) is 30.3 Å². The van der Waals surface area contributed by atoms with E-state index in [4.69, 9.17) is 0 Å². The number of carbonyl (C=O) groups excluding carboxylic acids is 2. The zero-order valence-electron chi connectivity index (χ0n) is 10.2. The van der Waals surface area contributed by atoms with Crippen LogP contribution >= 0.6 is 15.9 Å². The molecule has 0 aromatic carbocycles. The number of ketones is 1. The monoisotopic (exact) mass is 310 g/mol. The van der Waals surface area contributed by atoms with Crippen LogP contribution in [-0.2, 0) is 4.79 Å². The van der Waals surface area contributed by atoms with Gasteiger partial charge in [-0.05, 0) is 40.9 Å². The third-order valence-corrected chi connectivity index (χ3v) is 3.98. The minimum absolute atomic E-state index is 0.0955. The Labute approximate surface area is 115 Å². The van der Waals surface area contributed by atoms with E-state index in [2.05, 4.69) is 20.9 Å². The summed E-state index contributed by atoms with van der Waals surface area (Å²) in [5.74, 6) is 0.202. The van der Waals surface area contributed by atoms with Crippen LogP contribution in [0.25, 0.3) is 0 Å². The van der Waals surface area contributed by atoms with E-state index in [1.165, 1.54) is 0 Å². The van der Waals surface area contributed by atoms with Gasteiger partial charge in [-0.3, -0.25) is 9.59 Å². The molecule has 0 radical (unpaired) electrons. The first-order valence-electron chi connectivity index (χ1n) is 5.99. The quantitative estimate of drug-likeness (QED) is 0.843. The molecule has 0 saturated heterocycles. The van der Waals surface area contributed by atoms with Gasteiger partial charge in [-0.15, -0.1) is 0 Å². The molecule has 0 aliphatic heterocycles. The molecule has 1 saturated carbocycles. The van der Waals surface area contributed by atoms with E-state index >= 15 is 0 Å². The van der Waals surface area contributed by atoms with Crippen molar-refractivity contribution in [2.75, 3.05) is 7.05 Å². The third-order valence-electron chi connectivity index (χ3n) is 3.34. The zero-order valence-corrected chi connectivity index (χ0v) is 11.8. The molecule has 5 heteroatoms. The molecule has 0 spiro atoms. The summed E-state index contributed by atoms with van der Waals surface area (Å²) < 4.78 is 0.703. The van der Waals surface area contributed by atoms with Gasteiger partial charge < -0.3 is 4.90 Å². The van der Waals surface area contributed by atoms with E-state index in [1.807, 2.05) is 0 Å². The Morgan fingerprint density at radius 1 is 1.44 bits per heavy atom. The molecule has 0 N–H and O–H groups in total. The first kappa shape index (κ1) is 13.2. The molecule has 2 rings (SSSR count). The fourth-order valence-corrected chi connectivity index (χ4v) is 2.61. The lowest BCUT2D eigenvalue weighted by Gasteiger charge is -2.30. The number of hydrogen-bond donors (Lipinski definition) is 0. The Bertz CT molecular complexity index is 466. The van der Waals surface area contributed by atoms with Crippen molar-refractivity contribution in [1.82, 2.24) is 9.88 Å². The summed E-state index contributed by atoms with van der Waals surface area (Å²) in [5, 5.41) is 0. The molecule has 0 unspecified atom stereocenters. The highest BCUT2D eigenvalue weighted by Gasteiger charge is 2.27. The average molecular weight is 311 g/mol. The highest BCUT2D eigenvalue weighted by atomic mass is 79.9. The summed E-state index contributed by atoms with van der Waals surface area (Å²) in [7, 11) is 1.78. The van der Waals surface area contributed by atoms with E-state index in [9.17, 15) is 9.59 Å². The molecule has 1 aromatic rings. The summed E-state index contributed by atoms with van der Waals surface area (Å²) in [4.78, 5) is 29.3. The van der Waals surface area contributed by atoms with Crippen LogP contribution in [0.3, 0.4) is 0 Å². The third kappa shape index (κ3) is 2.77. The lowest BCUT2D eigenvalue weighted by Crippen LogP contribution is -2.40. The highest BCUT2D eigenvalue weighted by molar-refractivity contribution is 9.10. The fourth-order valence-electron chi connectivity index (χ4n) is 2.19. The summed E-state index contributed by atoms with van der Waals surface area (Å²) in [6, 6.07) is 3.72. The van der Waals surface area contributed by atoms with Gasteiger partial charge in [0.15, 0.2) is 0 Å². The number of nitrogens with zero attached hydrogens (tertiary/aromatic N) is 2. The molecule has 0 bridgehead atoms. The Hall–Kier alpha value is -1.23. The van der Waals surface area contributed by atoms with Gasteiger partial charge in [-0.25, -0.2) is 4.98 Å². The van der Waals surface area contributed by atoms with Gasteiger partial charge in [-0.1, -0.05) is 0 Å². The van der Waals surface area contributed by atoms with Crippen LogP contribution in [-0.4, -0.2) is 34.7 Å². The van der Waals surface area contributed by atoms with Crippen LogP contribution < -0.4 is 0 Å². The predicted octanol–water partition coefficient (Wildman–Crippen LogP) is 2.43. The highest BCUT2D eigenvalue weighted by Crippen LogP contribution is 2.22. The van der Waals surface area contributed by atoms with E-state index in [0.29, 0.717) is 28.8 Å². The van der Waals surface area contributed by atoms with E-state index in [-0.39, 0.29) is 11.9 Å². The van der Waals surface area contributed by atoms with Crippen LogP contribution in [0.4, 0.5) is 0 Å². The van der Waals surface area contributed by atoms with E-state index < -0.39 is 0 Å². The van der Waals surface area contributed by atoms with Crippen LogP contribution in [0.15, 0.2) is 22.8 Å². The normalized spacial score (nSPS) is 16.7. The fraction of sp³-hybridized carbons (Fsp3) is 0.462. The van der Waals surface area contributed by atoms with Crippen LogP contribution in [0.1, 0.15) is 36.2 Å². The van der Waals surface area contributed by atoms with Crippen LogP contribution in [0.2, 0.25) is 0 Å².